The van der Waals surface area contributed by atoms with E-state index >= 15 is 0 Å². The molecule has 0 aromatic carbocycles. The van der Waals surface area contributed by atoms with Crippen LogP contribution in [0.15, 0.2) is 0 Å². The maximum atomic E-state index is 13.0. The summed E-state index contributed by atoms with van der Waals surface area (Å²) < 4.78 is 68.0. The van der Waals surface area contributed by atoms with Crippen molar-refractivity contribution < 1.29 is 80.2 Å². The third-order valence-electron chi connectivity index (χ3n) is 15.7. The summed E-state index contributed by atoms with van der Waals surface area (Å²) >= 11 is 0. The number of carbonyl (C=O) groups is 4. The lowest BCUT2D eigenvalue weighted by Gasteiger charge is -2.21. The van der Waals surface area contributed by atoms with Crippen molar-refractivity contribution in [3.05, 3.63) is 0 Å². The minimum Gasteiger partial charge on any atom is -0.462 e. The third kappa shape index (κ3) is 62.6. The van der Waals surface area contributed by atoms with Gasteiger partial charge in [0.2, 0.25) is 0 Å². The highest BCUT2D eigenvalue weighted by atomic mass is 31.2. The lowest BCUT2D eigenvalue weighted by atomic mass is 10.0. The molecule has 0 aromatic heterocycles. The van der Waals surface area contributed by atoms with E-state index in [4.69, 9.17) is 37.0 Å². The molecule has 0 aliphatic rings. The van der Waals surface area contributed by atoms with E-state index in [2.05, 4.69) is 41.5 Å². The van der Waals surface area contributed by atoms with E-state index in [1.807, 2.05) is 0 Å². The standard InChI is InChI=1S/C68H132O17P2/c1-7-9-11-13-14-15-16-17-18-19-20-21-22-23-24-27-34-40-46-52-67(72)85-64(57-79-66(71)51-45-39-33-28-25-26-31-37-42-48-60(3)4)59-83-87(76,77)81-55-62(69)54-80-86(74,75)82-58-63(56-78-65(70)50-44-36-12-10-8-2)84-68(73)53-47-41-35-30-29-32-38-43-49-61(5)6/h60-64,69H,7-59H2,1-6H3,(H,74,75)(H,76,77)/t62-,63+,64+/m0/s1. The molecule has 0 amide bonds. The molecule has 17 nitrogen and oxygen atoms in total. The lowest BCUT2D eigenvalue weighted by molar-refractivity contribution is -0.161. The van der Waals surface area contributed by atoms with Crippen LogP contribution in [0.1, 0.15) is 343 Å². The first-order valence-electron chi connectivity index (χ1n) is 35.5. The van der Waals surface area contributed by atoms with Crippen LogP contribution in [0, 0.1) is 11.8 Å². The Morgan fingerprint density at radius 3 is 0.782 bits per heavy atom. The number of aliphatic hydroxyl groups is 1. The lowest BCUT2D eigenvalue weighted by Crippen LogP contribution is -2.30. The number of esters is 4. The molecule has 3 N–H and O–H groups in total. The minimum atomic E-state index is -4.95. The molecular weight excluding hydrogens is 1150 g/mol. The van der Waals surface area contributed by atoms with Crippen LogP contribution in [-0.2, 0) is 65.4 Å². The Bertz CT molecular complexity index is 1700. The quantitative estimate of drug-likeness (QED) is 0.0222. The average molecular weight is 1280 g/mol. The van der Waals surface area contributed by atoms with Crippen LogP contribution in [0.2, 0.25) is 0 Å². The summed E-state index contributed by atoms with van der Waals surface area (Å²) in [5, 5.41) is 10.5. The Morgan fingerprint density at radius 1 is 0.310 bits per heavy atom. The van der Waals surface area contributed by atoms with Crippen molar-refractivity contribution >= 4 is 39.5 Å². The smallest absolute Gasteiger partial charge is 0.462 e. The number of hydrogen-bond acceptors (Lipinski definition) is 15. The molecule has 0 bridgehead atoms. The van der Waals surface area contributed by atoms with Crippen molar-refractivity contribution in [2.75, 3.05) is 39.6 Å². The molecule has 0 fully saturated rings. The SMILES string of the molecule is CCCCCCCCCCCCCCCCCCCCCC(=O)O[C@H](COC(=O)CCCCCCCCCCCC(C)C)COP(=O)(O)OC[C@@H](O)COP(=O)(O)OC[C@@H](COC(=O)CCCCCCC)OC(=O)CCCCCCCCCCC(C)C. The maximum absolute atomic E-state index is 13.0. The Hall–Kier alpha value is -1.94. The van der Waals surface area contributed by atoms with Gasteiger partial charge in [0.25, 0.3) is 0 Å². The summed E-state index contributed by atoms with van der Waals surface area (Å²) in [7, 11) is -9.89. The van der Waals surface area contributed by atoms with Crippen LogP contribution in [0.3, 0.4) is 0 Å². The number of phosphoric ester groups is 2. The number of carbonyl (C=O) groups excluding carboxylic acids is 4. The molecule has 0 spiro atoms. The molecule has 0 heterocycles. The van der Waals surface area contributed by atoms with Crippen molar-refractivity contribution in [2.24, 2.45) is 11.8 Å². The van der Waals surface area contributed by atoms with Crippen molar-refractivity contribution in [3.63, 3.8) is 0 Å². The van der Waals surface area contributed by atoms with Gasteiger partial charge in [0.15, 0.2) is 12.2 Å². The third-order valence-corrected chi connectivity index (χ3v) is 17.6. The Morgan fingerprint density at radius 2 is 0.529 bits per heavy atom. The molecule has 516 valence electrons. The zero-order valence-corrected chi connectivity index (χ0v) is 58.1. The summed E-state index contributed by atoms with van der Waals surface area (Å²) in [6.07, 6.45) is 45.0. The molecule has 0 saturated carbocycles. The zero-order valence-electron chi connectivity index (χ0n) is 56.3. The second-order valence-electron chi connectivity index (χ2n) is 25.5. The Balaban J connectivity index is 5.13. The van der Waals surface area contributed by atoms with Crippen molar-refractivity contribution in [3.8, 4) is 0 Å². The van der Waals surface area contributed by atoms with E-state index in [-0.39, 0.29) is 25.7 Å². The number of rotatable bonds is 67. The van der Waals surface area contributed by atoms with Gasteiger partial charge >= 0.3 is 39.5 Å². The van der Waals surface area contributed by atoms with Crippen molar-refractivity contribution in [1.82, 2.24) is 0 Å². The summed E-state index contributed by atoms with van der Waals surface area (Å²) in [6, 6.07) is 0. The van der Waals surface area contributed by atoms with Gasteiger partial charge in [-0.1, -0.05) is 292 Å². The number of aliphatic hydroxyl groups excluding tert-OH is 1. The van der Waals surface area contributed by atoms with Crippen molar-refractivity contribution in [1.29, 1.82) is 0 Å². The van der Waals surface area contributed by atoms with Gasteiger partial charge in [-0.15, -0.1) is 0 Å². The molecule has 87 heavy (non-hydrogen) atoms. The summed E-state index contributed by atoms with van der Waals surface area (Å²) in [6.45, 7) is 9.38. The summed E-state index contributed by atoms with van der Waals surface area (Å²) in [5.74, 6) is -0.678. The summed E-state index contributed by atoms with van der Waals surface area (Å²) in [5.41, 5.74) is 0. The highest BCUT2D eigenvalue weighted by molar-refractivity contribution is 7.47. The molecule has 0 aliphatic carbocycles. The largest absolute Gasteiger partial charge is 0.472 e. The van der Waals surface area contributed by atoms with Crippen molar-refractivity contribution in [2.45, 2.75) is 362 Å². The topological polar surface area (TPSA) is 237 Å². The van der Waals surface area contributed by atoms with Gasteiger partial charge in [0.1, 0.15) is 19.3 Å². The highest BCUT2D eigenvalue weighted by Gasteiger charge is 2.30. The normalized spacial score (nSPS) is 14.2. The second kappa shape index (κ2) is 60.3. The van der Waals surface area contributed by atoms with Crippen LogP contribution in [-0.4, -0.2) is 96.7 Å². The van der Waals surface area contributed by atoms with Gasteiger partial charge in [0, 0.05) is 25.7 Å². The molecular formula is C68H132O17P2. The zero-order chi connectivity index (χ0) is 64.3. The molecule has 0 saturated heterocycles. The van der Waals surface area contributed by atoms with E-state index in [1.54, 1.807) is 0 Å². The molecule has 0 radical (unpaired) electrons. The van der Waals surface area contributed by atoms with Gasteiger partial charge in [-0.2, -0.15) is 0 Å². The average Bonchev–Trinajstić information content (AvgIpc) is 3.65. The fraction of sp³-hybridized carbons (Fsp3) is 0.941. The van der Waals surface area contributed by atoms with Gasteiger partial charge in [-0.05, 0) is 37.5 Å². The van der Waals surface area contributed by atoms with Crippen LogP contribution in [0.25, 0.3) is 0 Å². The van der Waals surface area contributed by atoms with Gasteiger partial charge < -0.3 is 33.8 Å². The van der Waals surface area contributed by atoms with Crippen LogP contribution in [0.5, 0.6) is 0 Å². The number of ether oxygens (including phenoxy) is 4. The number of unbranched alkanes of at least 4 members (excludes halogenated alkanes) is 37. The minimum absolute atomic E-state index is 0.103. The fourth-order valence-electron chi connectivity index (χ4n) is 10.2. The van der Waals surface area contributed by atoms with E-state index in [9.17, 15) is 43.2 Å². The molecule has 0 aromatic rings. The van der Waals surface area contributed by atoms with E-state index in [1.165, 1.54) is 154 Å². The molecule has 0 rings (SSSR count). The van der Waals surface area contributed by atoms with E-state index < -0.39 is 97.5 Å². The molecule has 5 atom stereocenters. The monoisotopic (exact) mass is 1280 g/mol. The first kappa shape index (κ1) is 85.1. The fourth-order valence-corrected chi connectivity index (χ4v) is 11.8. The molecule has 0 aliphatic heterocycles. The highest BCUT2D eigenvalue weighted by Crippen LogP contribution is 2.45. The molecule has 19 heteroatoms. The van der Waals surface area contributed by atoms with Crippen LogP contribution < -0.4 is 0 Å². The van der Waals surface area contributed by atoms with E-state index in [0.717, 1.165) is 108 Å². The first-order chi connectivity index (χ1) is 41.9. The predicted octanol–water partition coefficient (Wildman–Crippen LogP) is 19.2. The van der Waals surface area contributed by atoms with Crippen LogP contribution >= 0.6 is 15.6 Å². The predicted molar refractivity (Wildman–Crippen MR) is 349 cm³/mol. The number of hydrogen-bond donors (Lipinski definition) is 3. The van der Waals surface area contributed by atoms with E-state index in [0.29, 0.717) is 25.7 Å². The number of phosphoric acid groups is 2. The Labute approximate surface area is 530 Å². The van der Waals surface area contributed by atoms with Gasteiger partial charge in [-0.3, -0.25) is 37.3 Å². The maximum Gasteiger partial charge on any atom is 0.472 e. The van der Waals surface area contributed by atoms with Gasteiger partial charge in [0.05, 0.1) is 26.4 Å². The van der Waals surface area contributed by atoms with Crippen LogP contribution in [0.4, 0.5) is 0 Å². The Kier molecular flexibility index (Phi) is 59.0. The van der Waals surface area contributed by atoms with Gasteiger partial charge in [-0.25, -0.2) is 9.13 Å². The molecule has 2 unspecified atom stereocenters. The first-order valence-corrected chi connectivity index (χ1v) is 38.5. The summed E-state index contributed by atoms with van der Waals surface area (Å²) in [4.78, 5) is 72.1. The second-order valence-corrected chi connectivity index (χ2v) is 28.4.